The molecule has 1 aromatic carbocycles. The van der Waals surface area contributed by atoms with Crippen LogP contribution < -0.4 is 4.74 Å². The quantitative estimate of drug-likeness (QED) is 0.503. The maximum Gasteiger partial charge on any atom is 0.156 e. The van der Waals surface area contributed by atoms with Gasteiger partial charge < -0.3 is 4.74 Å². The number of aldehydes is 1. The molecule has 0 aromatic heterocycles. The van der Waals surface area contributed by atoms with Gasteiger partial charge in [-0.15, -0.1) is 0 Å². The number of carbonyl (C=O) groups is 1. The van der Waals surface area contributed by atoms with Gasteiger partial charge >= 0.3 is 0 Å². The van der Waals surface area contributed by atoms with Crippen molar-refractivity contribution in [3.05, 3.63) is 40.7 Å². The minimum atomic E-state index is -0.523. The Labute approximate surface area is 132 Å². The number of halogens is 1. The first kappa shape index (κ1) is 16.7. The van der Waals surface area contributed by atoms with Gasteiger partial charge in [-0.3, -0.25) is 4.79 Å². The van der Waals surface area contributed by atoms with Crippen molar-refractivity contribution in [1.82, 2.24) is 0 Å². The van der Waals surface area contributed by atoms with Crippen LogP contribution in [0.2, 0.25) is 0 Å². The van der Waals surface area contributed by atoms with Gasteiger partial charge in [0.05, 0.1) is 5.56 Å². The average Bonchev–Trinajstić information content (AvgIpc) is 2.53. The summed E-state index contributed by atoms with van der Waals surface area (Å²) in [6, 6.07) is 4.52. The van der Waals surface area contributed by atoms with Crippen LogP contribution in [0.1, 0.15) is 62.7 Å². The molecule has 0 amide bonds. The molecule has 1 aliphatic rings. The molecule has 0 spiro atoms. The lowest BCUT2D eigenvalue weighted by Crippen LogP contribution is -2.14. The van der Waals surface area contributed by atoms with Crippen LogP contribution >= 0.6 is 0 Å². The van der Waals surface area contributed by atoms with Gasteiger partial charge in [0.15, 0.2) is 6.29 Å². The molecule has 2 rings (SSSR count). The highest BCUT2D eigenvalue weighted by atomic mass is 19.1. The predicted octanol–water partition coefficient (Wildman–Crippen LogP) is 5.32. The summed E-state index contributed by atoms with van der Waals surface area (Å²) in [4.78, 5) is 11.0. The number of hydrogen-bond acceptors (Lipinski definition) is 2. The topological polar surface area (TPSA) is 26.3 Å². The Morgan fingerprint density at radius 1 is 1.32 bits per heavy atom. The van der Waals surface area contributed by atoms with Crippen molar-refractivity contribution >= 4 is 6.29 Å². The van der Waals surface area contributed by atoms with Crippen molar-refractivity contribution in [2.45, 2.75) is 52.4 Å². The van der Waals surface area contributed by atoms with E-state index in [1.54, 1.807) is 12.1 Å². The van der Waals surface area contributed by atoms with E-state index in [4.69, 9.17) is 4.74 Å². The van der Waals surface area contributed by atoms with Gasteiger partial charge in [0, 0.05) is 0 Å². The van der Waals surface area contributed by atoms with E-state index in [2.05, 4.69) is 13.8 Å². The van der Waals surface area contributed by atoms with E-state index in [1.165, 1.54) is 42.9 Å². The molecule has 22 heavy (non-hydrogen) atoms. The van der Waals surface area contributed by atoms with Crippen LogP contribution in [0.25, 0.3) is 0 Å². The molecular weight excluding hydrogens is 279 g/mol. The van der Waals surface area contributed by atoms with Gasteiger partial charge in [-0.25, -0.2) is 4.39 Å². The summed E-state index contributed by atoms with van der Waals surface area (Å²) in [6.07, 6.45) is 7.52. The highest BCUT2D eigenvalue weighted by molar-refractivity contribution is 5.79. The van der Waals surface area contributed by atoms with Gasteiger partial charge in [0.2, 0.25) is 0 Å². The van der Waals surface area contributed by atoms with Crippen LogP contribution in [0.5, 0.6) is 5.75 Å². The fourth-order valence-electron chi connectivity index (χ4n) is 3.28. The van der Waals surface area contributed by atoms with E-state index in [0.29, 0.717) is 24.6 Å². The smallest absolute Gasteiger partial charge is 0.156 e. The molecule has 3 heteroatoms. The fraction of sp³-hybridized carbons (Fsp3) is 0.526. The predicted molar refractivity (Wildman–Crippen MR) is 86.8 cm³/mol. The number of allylic oxidation sites excluding steroid dienone is 1. The van der Waals surface area contributed by atoms with Crippen LogP contribution in [-0.2, 0) is 0 Å². The van der Waals surface area contributed by atoms with E-state index in [0.717, 1.165) is 12.8 Å². The summed E-state index contributed by atoms with van der Waals surface area (Å²) >= 11 is 0. The number of carbonyl (C=O) groups excluding carboxylic acids is 1. The molecule has 1 aromatic rings. The molecule has 1 atom stereocenters. The zero-order valence-electron chi connectivity index (χ0n) is 13.5. The molecule has 1 aliphatic carbocycles. The summed E-state index contributed by atoms with van der Waals surface area (Å²) in [7, 11) is 0. The second-order valence-corrected chi connectivity index (χ2v) is 6.08. The third-order valence-electron chi connectivity index (χ3n) is 4.48. The molecule has 2 nitrogen and oxygen atoms in total. The lowest BCUT2D eigenvalue weighted by Gasteiger charge is -2.25. The zero-order chi connectivity index (χ0) is 15.9. The molecular formula is C19H25FO2. The Kier molecular flexibility index (Phi) is 6.17. The SMILES string of the molecule is CCCC(C)C1=C(COc2cccc(F)c2C=O)CCCC1. The van der Waals surface area contributed by atoms with E-state index in [-0.39, 0.29) is 5.56 Å². The number of benzene rings is 1. The first-order valence-corrected chi connectivity index (χ1v) is 8.24. The van der Waals surface area contributed by atoms with Gasteiger partial charge in [-0.05, 0) is 55.7 Å². The minimum absolute atomic E-state index is 0.0158. The normalized spacial score (nSPS) is 16.5. The standard InChI is InChI=1S/C19H25FO2/c1-3-7-14(2)16-9-5-4-8-15(16)13-22-19-11-6-10-18(20)17(19)12-21/h6,10-12,14H,3-5,7-9,13H2,1-2H3. The average molecular weight is 304 g/mol. The Hall–Kier alpha value is -1.64. The van der Waals surface area contributed by atoms with Crippen molar-refractivity contribution < 1.29 is 13.9 Å². The van der Waals surface area contributed by atoms with E-state index < -0.39 is 5.82 Å². The van der Waals surface area contributed by atoms with Crippen molar-refractivity contribution in [2.75, 3.05) is 6.61 Å². The first-order chi connectivity index (χ1) is 10.7. The third-order valence-corrected chi connectivity index (χ3v) is 4.48. The fourth-order valence-corrected chi connectivity index (χ4v) is 3.28. The summed E-state index contributed by atoms with van der Waals surface area (Å²) in [5.74, 6) is 0.405. The molecule has 0 bridgehead atoms. The highest BCUT2D eigenvalue weighted by Crippen LogP contribution is 2.33. The molecule has 120 valence electrons. The second-order valence-electron chi connectivity index (χ2n) is 6.08. The Balaban J connectivity index is 2.14. The van der Waals surface area contributed by atoms with Crippen LogP contribution in [0.4, 0.5) is 4.39 Å². The van der Waals surface area contributed by atoms with Crippen molar-refractivity contribution in [2.24, 2.45) is 5.92 Å². The van der Waals surface area contributed by atoms with Crippen molar-refractivity contribution in [3.8, 4) is 5.75 Å². The third kappa shape index (κ3) is 3.96. The van der Waals surface area contributed by atoms with Crippen LogP contribution in [0.3, 0.4) is 0 Å². The zero-order valence-corrected chi connectivity index (χ0v) is 13.5. The Bertz CT molecular complexity index is 548. The largest absolute Gasteiger partial charge is 0.488 e. The van der Waals surface area contributed by atoms with E-state index in [9.17, 15) is 9.18 Å². The lowest BCUT2D eigenvalue weighted by atomic mass is 9.83. The monoisotopic (exact) mass is 304 g/mol. The number of ether oxygens (including phenoxy) is 1. The van der Waals surface area contributed by atoms with Gasteiger partial charge in [0.1, 0.15) is 18.2 Å². The van der Waals surface area contributed by atoms with Crippen LogP contribution in [0.15, 0.2) is 29.3 Å². The molecule has 0 fully saturated rings. The summed E-state index contributed by atoms with van der Waals surface area (Å²) in [6.45, 7) is 4.95. The summed E-state index contributed by atoms with van der Waals surface area (Å²) in [5, 5.41) is 0. The Morgan fingerprint density at radius 2 is 2.09 bits per heavy atom. The molecule has 0 N–H and O–H groups in total. The maximum absolute atomic E-state index is 13.6. The molecule has 0 aliphatic heterocycles. The van der Waals surface area contributed by atoms with E-state index >= 15 is 0 Å². The first-order valence-electron chi connectivity index (χ1n) is 8.24. The van der Waals surface area contributed by atoms with Crippen LogP contribution in [0, 0.1) is 11.7 Å². The Morgan fingerprint density at radius 3 is 2.82 bits per heavy atom. The van der Waals surface area contributed by atoms with Crippen molar-refractivity contribution in [3.63, 3.8) is 0 Å². The molecule has 0 radical (unpaired) electrons. The number of rotatable bonds is 7. The van der Waals surface area contributed by atoms with Gasteiger partial charge in [-0.1, -0.05) is 31.9 Å². The molecule has 0 heterocycles. The van der Waals surface area contributed by atoms with Crippen LogP contribution in [-0.4, -0.2) is 12.9 Å². The molecule has 1 unspecified atom stereocenters. The summed E-state index contributed by atoms with van der Waals surface area (Å²) in [5.41, 5.74) is 2.87. The number of hydrogen-bond donors (Lipinski definition) is 0. The van der Waals surface area contributed by atoms with Gasteiger partial charge in [0.25, 0.3) is 0 Å². The lowest BCUT2D eigenvalue weighted by molar-refractivity contribution is 0.111. The van der Waals surface area contributed by atoms with E-state index in [1.807, 2.05) is 0 Å². The summed E-state index contributed by atoms with van der Waals surface area (Å²) < 4.78 is 19.4. The van der Waals surface area contributed by atoms with Crippen molar-refractivity contribution in [1.29, 1.82) is 0 Å². The highest BCUT2D eigenvalue weighted by Gasteiger charge is 2.18. The van der Waals surface area contributed by atoms with Gasteiger partial charge in [-0.2, -0.15) is 0 Å². The maximum atomic E-state index is 13.6. The minimum Gasteiger partial charge on any atom is -0.488 e. The molecule has 0 saturated heterocycles. The molecule has 0 saturated carbocycles. The second kappa shape index (κ2) is 8.11.